The average molecular weight is 461 g/mol. The average Bonchev–Trinajstić information content (AvgIpc) is 3.18. The third-order valence-electron chi connectivity index (χ3n) is 5.38. The molecule has 0 aliphatic carbocycles. The van der Waals surface area contributed by atoms with E-state index in [1.165, 1.54) is 11.8 Å². The zero-order chi connectivity index (χ0) is 22.6. The Morgan fingerprint density at radius 1 is 1.03 bits per heavy atom. The summed E-state index contributed by atoms with van der Waals surface area (Å²) in [6.45, 7) is 1.62. The number of aliphatic hydroxyl groups is 1. The number of hydrogen-bond donors (Lipinski definition) is 1. The number of anilines is 1. The lowest BCUT2D eigenvalue weighted by Gasteiger charge is -2.22. The Kier molecular flexibility index (Phi) is 6.24. The molecule has 0 radical (unpaired) electrons. The van der Waals surface area contributed by atoms with Crippen LogP contribution >= 0.6 is 11.8 Å². The van der Waals surface area contributed by atoms with E-state index in [-0.39, 0.29) is 0 Å². The summed E-state index contributed by atoms with van der Waals surface area (Å²) < 4.78 is 16.6. The highest BCUT2D eigenvalue weighted by Gasteiger charge is 2.34. The van der Waals surface area contributed by atoms with Crippen LogP contribution in [-0.2, 0) is 6.54 Å². The second kappa shape index (κ2) is 9.60. The van der Waals surface area contributed by atoms with E-state index in [1.807, 2.05) is 83.8 Å². The van der Waals surface area contributed by atoms with Crippen molar-refractivity contribution in [1.29, 1.82) is 0 Å². The molecule has 6 nitrogen and oxygen atoms in total. The van der Waals surface area contributed by atoms with Crippen molar-refractivity contribution in [2.75, 3.05) is 25.2 Å². The highest BCUT2D eigenvalue weighted by molar-refractivity contribution is 8.18. The molecule has 1 atom stereocenters. The standard InChI is InChI=1S/C26H24N2O4S/c1-30-21-10-8-20(9-11-21)28-25(29)24(33-26(28)27-17-18-5-3-2-4-6-18)16-19-7-12-22-23(15-19)32-14-13-31-22/h2-12,15-16,25,29H,13-14,17H2,1H3/b24-16-,27-26-. The fourth-order valence-corrected chi connectivity index (χ4v) is 4.75. The molecule has 0 spiro atoms. The zero-order valence-corrected chi connectivity index (χ0v) is 19.0. The topological polar surface area (TPSA) is 63.5 Å². The molecule has 168 valence electrons. The van der Waals surface area contributed by atoms with Crippen LogP contribution in [-0.4, -0.2) is 36.8 Å². The lowest BCUT2D eigenvalue weighted by molar-refractivity contribution is 0.171. The van der Waals surface area contributed by atoms with Crippen molar-refractivity contribution in [3.8, 4) is 17.2 Å². The predicted octanol–water partition coefficient (Wildman–Crippen LogP) is 4.94. The van der Waals surface area contributed by atoms with Crippen LogP contribution in [0.15, 0.2) is 82.7 Å². The Labute approximate surface area is 197 Å². The summed E-state index contributed by atoms with van der Waals surface area (Å²) in [7, 11) is 1.64. The number of fused-ring (bicyclic) bond motifs is 1. The van der Waals surface area contributed by atoms with Gasteiger partial charge in [-0.3, -0.25) is 9.89 Å². The minimum atomic E-state index is -0.855. The summed E-state index contributed by atoms with van der Waals surface area (Å²) in [4.78, 5) is 7.47. The molecule has 33 heavy (non-hydrogen) atoms. The van der Waals surface area contributed by atoms with Crippen LogP contribution in [0.2, 0.25) is 0 Å². The number of hydrogen-bond acceptors (Lipinski definition) is 6. The molecule has 5 rings (SSSR count). The van der Waals surface area contributed by atoms with Crippen molar-refractivity contribution < 1.29 is 19.3 Å². The number of thioether (sulfide) groups is 1. The molecule has 1 N–H and O–H groups in total. The van der Waals surface area contributed by atoms with Crippen molar-refractivity contribution >= 4 is 28.7 Å². The monoisotopic (exact) mass is 460 g/mol. The SMILES string of the molecule is COc1ccc(N2/C(=N/Cc3ccccc3)S/C(=C\c3ccc4c(c3)OCCO4)C2O)cc1. The van der Waals surface area contributed by atoms with Crippen LogP contribution in [0.5, 0.6) is 17.2 Å². The number of benzene rings is 3. The molecule has 0 amide bonds. The summed E-state index contributed by atoms with van der Waals surface area (Å²) in [6, 6.07) is 23.5. The van der Waals surface area contributed by atoms with Crippen molar-refractivity contribution in [2.24, 2.45) is 4.99 Å². The zero-order valence-electron chi connectivity index (χ0n) is 18.2. The number of nitrogens with zero attached hydrogens (tertiary/aromatic N) is 2. The molecular formula is C26H24N2O4S. The van der Waals surface area contributed by atoms with Crippen LogP contribution in [0.3, 0.4) is 0 Å². The Bertz CT molecular complexity index is 1180. The summed E-state index contributed by atoms with van der Waals surface area (Å²) in [5, 5.41) is 12.0. The largest absolute Gasteiger partial charge is 0.497 e. The highest BCUT2D eigenvalue weighted by Crippen LogP contribution is 2.40. The first kappa shape index (κ1) is 21.4. The van der Waals surface area contributed by atoms with Crippen LogP contribution in [0.4, 0.5) is 5.69 Å². The summed E-state index contributed by atoms with van der Waals surface area (Å²) >= 11 is 1.47. The molecule has 2 heterocycles. The van der Waals surface area contributed by atoms with Gasteiger partial charge in [0.15, 0.2) is 22.9 Å². The van der Waals surface area contributed by atoms with Crippen molar-refractivity contribution in [2.45, 2.75) is 12.8 Å². The Morgan fingerprint density at radius 3 is 2.55 bits per heavy atom. The fourth-order valence-electron chi connectivity index (χ4n) is 3.70. The van der Waals surface area contributed by atoms with Gasteiger partial charge in [0.1, 0.15) is 19.0 Å². The van der Waals surface area contributed by atoms with Crippen LogP contribution in [0.25, 0.3) is 6.08 Å². The second-order valence-corrected chi connectivity index (χ2v) is 8.62. The van der Waals surface area contributed by atoms with Gasteiger partial charge in [-0.15, -0.1) is 0 Å². The Hall–Kier alpha value is -3.42. The van der Waals surface area contributed by atoms with E-state index in [0.717, 1.165) is 44.1 Å². The molecule has 0 saturated carbocycles. The molecule has 2 aliphatic heterocycles. The molecule has 1 unspecified atom stereocenters. The van der Waals surface area contributed by atoms with E-state index in [4.69, 9.17) is 19.2 Å². The van der Waals surface area contributed by atoms with Gasteiger partial charge in [0.05, 0.1) is 13.7 Å². The van der Waals surface area contributed by atoms with E-state index < -0.39 is 6.23 Å². The molecule has 7 heteroatoms. The quantitative estimate of drug-likeness (QED) is 0.582. The van der Waals surface area contributed by atoms with Crippen LogP contribution in [0, 0.1) is 0 Å². The van der Waals surface area contributed by atoms with Crippen LogP contribution in [0.1, 0.15) is 11.1 Å². The fraction of sp³-hybridized carbons (Fsp3) is 0.192. The lowest BCUT2D eigenvalue weighted by Crippen LogP contribution is -2.33. The summed E-state index contributed by atoms with van der Waals surface area (Å²) in [5.41, 5.74) is 2.88. The van der Waals surface area contributed by atoms with Gasteiger partial charge >= 0.3 is 0 Å². The van der Waals surface area contributed by atoms with Gasteiger partial charge in [0.25, 0.3) is 0 Å². The smallest absolute Gasteiger partial charge is 0.171 e. The molecule has 0 bridgehead atoms. The third-order valence-corrected chi connectivity index (χ3v) is 6.45. The molecule has 0 aromatic heterocycles. The van der Waals surface area contributed by atoms with Gasteiger partial charge in [0.2, 0.25) is 0 Å². The van der Waals surface area contributed by atoms with Crippen molar-refractivity contribution in [1.82, 2.24) is 0 Å². The van der Waals surface area contributed by atoms with Gasteiger partial charge in [-0.2, -0.15) is 0 Å². The van der Waals surface area contributed by atoms with E-state index >= 15 is 0 Å². The maximum atomic E-state index is 11.3. The van der Waals surface area contributed by atoms with E-state index in [1.54, 1.807) is 7.11 Å². The first-order valence-corrected chi connectivity index (χ1v) is 11.5. The normalized spacial score (nSPS) is 19.8. The molecule has 1 saturated heterocycles. The second-order valence-electron chi connectivity index (χ2n) is 7.58. The number of methoxy groups -OCH3 is 1. The minimum absolute atomic E-state index is 0.528. The Morgan fingerprint density at radius 2 is 1.79 bits per heavy atom. The van der Waals surface area contributed by atoms with E-state index in [9.17, 15) is 5.11 Å². The van der Waals surface area contributed by atoms with Gasteiger partial charge in [-0.1, -0.05) is 48.2 Å². The van der Waals surface area contributed by atoms with Gasteiger partial charge in [-0.25, -0.2) is 0 Å². The van der Waals surface area contributed by atoms with Gasteiger partial charge < -0.3 is 19.3 Å². The van der Waals surface area contributed by atoms with Gasteiger partial charge in [0, 0.05) is 10.6 Å². The number of rotatable bonds is 5. The summed E-state index contributed by atoms with van der Waals surface area (Å²) in [6.07, 6.45) is 1.11. The molecule has 1 fully saturated rings. The maximum absolute atomic E-state index is 11.3. The number of aliphatic hydroxyl groups excluding tert-OH is 1. The van der Waals surface area contributed by atoms with Gasteiger partial charge in [-0.05, 0) is 53.6 Å². The maximum Gasteiger partial charge on any atom is 0.171 e. The van der Waals surface area contributed by atoms with Crippen molar-refractivity contribution in [3.63, 3.8) is 0 Å². The molecule has 3 aromatic carbocycles. The molecular weight excluding hydrogens is 436 g/mol. The highest BCUT2D eigenvalue weighted by atomic mass is 32.2. The third kappa shape index (κ3) is 4.69. The van der Waals surface area contributed by atoms with Crippen molar-refractivity contribution in [3.05, 3.63) is 88.8 Å². The number of aliphatic imine (C=N–C) groups is 1. The summed E-state index contributed by atoms with van der Waals surface area (Å²) in [5.74, 6) is 2.22. The minimum Gasteiger partial charge on any atom is -0.497 e. The predicted molar refractivity (Wildman–Crippen MR) is 132 cm³/mol. The van der Waals surface area contributed by atoms with Crippen LogP contribution < -0.4 is 19.1 Å². The first-order valence-electron chi connectivity index (χ1n) is 10.7. The first-order chi connectivity index (χ1) is 16.2. The Balaban J connectivity index is 1.47. The van der Waals surface area contributed by atoms with E-state index in [2.05, 4.69) is 0 Å². The van der Waals surface area contributed by atoms with E-state index in [0.29, 0.717) is 19.8 Å². The lowest BCUT2D eigenvalue weighted by atomic mass is 10.1. The number of ether oxygens (including phenoxy) is 3. The molecule has 3 aromatic rings. The molecule has 2 aliphatic rings. The number of amidine groups is 1.